The van der Waals surface area contributed by atoms with Crippen molar-refractivity contribution in [3.8, 4) is 0 Å². The first-order valence-electron chi connectivity index (χ1n) is 6.62. The van der Waals surface area contributed by atoms with Crippen LogP contribution in [-0.4, -0.2) is 21.2 Å². The molecule has 2 aromatic rings. The molecule has 0 aliphatic carbocycles. The molecule has 0 saturated carbocycles. The summed E-state index contributed by atoms with van der Waals surface area (Å²) in [5.74, 6) is 0.564. The van der Waals surface area contributed by atoms with E-state index in [4.69, 9.17) is 0 Å². The molecule has 0 spiro atoms. The van der Waals surface area contributed by atoms with Gasteiger partial charge in [0.1, 0.15) is 0 Å². The number of aryl methyl sites for hydroxylation is 2. The average Bonchev–Trinajstić information content (AvgIpc) is 2.40. The van der Waals surface area contributed by atoms with E-state index >= 15 is 0 Å². The molecule has 0 bridgehead atoms. The summed E-state index contributed by atoms with van der Waals surface area (Å²) >= 11 is 3.24. The number of benzene rings is 1. The molecular weight excluding hydrogens is 332 g/mol. The Balaban J connectivity index is 2.03. The van der Waals surface area contributed by atoms with Crippen molar-refractivity contribution in [3.05, 3.63) is 41.7 Å². The first-order chi connectivity index (χ1) is 10.1. The zero-order valence-electron chi connectivity index (χ0n) is 12.0. The van der Waals surface area contributed by atoms with Crippen molar-refractivity contribution < 1.29 is 4.79 Å². The Morgan fingerprint density at radius 3 is 2.24 bits per heavy atom. The Hall–Kier alpha value is -1.95. The van der Waals surface area contributed by atoms with Crippen molar-refractivity contribution in [1.29, 1.82) is 0 Å². The highest BCUT2D eigenvalue weighted by Crippen LogP contribution is 2.17. The molecule has 0 atom stereocenters. The van der Waals surface area contributed by atoms with Gasteiger partial charge in [0.05, 0.1) is 0 Å². The molecule has 0 aliphatic heterocycles. The van der Waals surface area contributed by atoms with E-state index < -0.39 is 0 Å². The monoisotopic (exact) mass is 348 g/mol. The standard InChI is InChI=1S/C15H17BrN4O/c1-10-9-11(2)18-15(17-10)20-13-5-3-12(4-6-13)19-14(21)7-8-16/h3-6,9H,7-8H2,1-2H3,(H,19,21)(H,17,18,20). The van der Waals surface area contributed by atoms with E-state index in [2.05, 4.69) is 36.5 Å². The number of rotatable bonds is 5. The first kappa shape index (κ1) is 15.4. The highest BCUT2D eigenvalue weighted by molar-refractivity contribution is 9.09. The van der Waals surface area contributed by atoms with Gasteiger partial charge >= 0.3 is 0 Å². The lowest BCUT2D eigenvalue weighted by Gasteiger charge is -2.08. The van der Waals surface area contributed by atoms with E-state index in [1.54, 1.807) is 0 Å². The van der Waals surface area contributed by atoms with Gasteiger partial charge in [0.2, 0.25) is 11.9 Å². The summed E-state index contributed by atoms with van der Waals surface area (Å²) in [5, 5.41) is 6.63. The van der Waals surface area contributed by atoms with E-state index in [9.17, 15) is 4.79 Å². The molecule has 2 rings (SSSR count). The summed E-state index contributed by atoms with van der Waals surface area (Å²) in [7, 11) is 0. The zero-order chi connectivity index (χ0) is 15.2. The quantitative estimate of drug-likeness (QED) is 0.810. The number of hydrogen-bond acceptors (Lipinski definition) is 4. The van der Waals surface area contributed by atoms with Crippen LogP contribution in [0.2, 0.25) is 0 Å². The predicted octanol–water partition coefficient (Wildman–Crippen LogP) is 3.56. The maximum atomic E-state index is 11.5. The molecule has 1 aromatic heterocycles. The van der Waals surface area contributed by atoms with Crippen molar-refractivity contribution in [2.75, 3.05) is 16.0 Å². The lowest BCUT2D eigenvalue weighted by Crippen LogP contribution is -2.11. The minimum Gasteiger partial charge on any atom is -0.326 e. The molecule has 6 heteroatoms. The number of carbonyl (C=O) groups excluding carboxylic acids is 1. The second-order valence-corrected chi connectivity index (χ2v) is 5.46. The molecular formula is C15H17BrN4O. The lowest BCUT2D eigenvalue weighted by atomic mass is 10.2. The van der Waals surface area contributed by atoms with E-state index in [0.29, 0.717) is 17.7 Å². The largest absolute Gasteiger partial charge is 0.326 e. The maximum absolute atomic E-state index is 11.5. The van der Waals surface area contributed by atoms with E-state index in [-0.39, 0.29) is 5.91 Å². The molecule has 1 aromatic carbocycles. The molecule has 5 nitrogen and oxygen atoms in total. The fraction of sp³-hybridized carbons (Fsp3) is 0.267. The van der Waals surface area contributed by atoms with Gasteiger partial charge in [0, 0.05) is 34.5 Å². The van der Waals surface area contributed by atoms with Crippen LogP contribution in [-0.2, 0) is 4.79 Å². The van der Waals surface area contributed by atoms with E-state index in [0.717, 1.165) is 22.8 Å². The molecule has 0 fully saturated rings. The fourth-order valence-corrected chi connectivity index (χ4v) is 2.22. The number of hydrogen-bond donors (Lipinski definition) is 2. The minimum atomic E-state index is -0.00905. The number of carbonyl (C=O) groups is 1. The number of aromatic nitrogens is 2. The van der Waals surface area contributed by atoms with Crippen LogP contribution in [0.5, 0.6) is 0 Å². The Labute approximate surface area is 132 Å². The second kappa shape index (κ2) is 7.17. The smallest absolute Gasteiger partial charge is 0.227 e. The third-order valence-electron chi connectivity index (χ3n) is 2.73. The van der Waals surface area contributed by atoms with Gasteiger partial charge in [-0.25, -0.2) is 9.97 Å². The molecule has 0 unspecified atom stereocenters. The number of halogens is 1. The molecule has 0 radical (unpaired) electrons. The number of anilines is 3. The molecule has 0 saturated heterocycles. The van der Waals surface area contributed by atoms with Crippen LogP contribution < -0.4 is 10.6 Å². The average molecular weight is 349 g/mol. The van der Waals surface area contributed by atoms with E-state index in [1.165, 1.54) is 0 Å². The fourth-order valence-electron chi connectivity index (χ4n) is 1.86. The summed E-state index contributed by atoms with van der Waals surface area (Å²) in [4.78, 5) is 20.1. The summed E-state index contributed by atoms with van der Waals surface area (Å²) < 4.78 is 0. The number of nitrogens with zero attached hydrogens (tertiary/aromatic N) is 2. The van der Waals surface area contributed by atoms with Crippen molar-refractivity contribution in [3.63, 3.8) is 0 Å². The second-order valence-electron chi connectivity index (χ2n) is 4.66. The summed E-state index contributed by atoms with van der Waals surface area (Å²) in [6.07, 6.45) is 0.455. The lowest BCUT2D eigenvalue weighted by molar-refractivity contribution is -0.115. The summed E-state index contributed by atoms with van der Waals surface area (Å²) in [6.45, 7) is 3.87. The van der Waals surface area contributed by atoms with Crippen molar-refractivity contribution in [2.24, 2.45) is 0 Å². The highest BCUT2D eigenvalue weighted by Gasteiger charge is 2.03. The normalized spacial score (nSPS) is 10.2. The van der Waals surface area contributed by atoms with Gasteiger partial charge in [-0.2, -0.15) is 0 Å². The first-order valence-corrected chi connectivity index (χ1v) is 7.74. The number of amides is 1. The van der Waals surface area contributed by atoms with Crippen molar-refractivity contribution >= 4 is 39.2 Å². The Morgan fingerprint density at radius 2 is 1.67 bits per heavy atom. The van der Waals surface area contributed by atoms with Crippen molar-refractivity contribution in [1.82, 2.24) is 9.97 Å². The van der Waals surface area contributed by atoms with Crippen LogP contribution in [0.4, 0.5) is 17.3 Å². The zero-order valence-corrected chi connectivity index (χ0v) is 13.6. The van der Waals surface area contributed by atoms with Gasteiger partial charge in [-0.1, -0.05) is 15.9 Å². The minimum absolute atomic E-state index is 0.00905. The summed E-state index contributed by atoms with van der Waals surface area (Å²) in [5.41, 5.74) is 3.48. The van der Waals surface area contributed by atoms with E-state index in [1.807, 2.05) is 44.2 Å². The molecule has 1 heterocycles. The third kappa shape index (κ3) is 4.82. The van der Waals surface area contributed by atoms with Crippen LogP contribution >= 0.6 is 15.9 Å². The van der Waals surface area contributed by atoms with Crippen molar-refractivity contribution in [2.45, 2.75) is 20.3 Å². The molecule has 110 valence electrons. The van der Waals surface area contributed by atoms with Crippen LogP contribution in [0.1, 0.15) is 17.8 Å². The number of nitrogens with one attached hydrogen (secondary N) is 2. The Bertz CT molecular complexity index is 608. The van der Waals surface area contributed by atoms with Gasteiger partial charge in [0.25, 0.3) is 0 Å². The predicted molar refractivity (Wildman–Crippen MR) is 88.3 cm³/mol. The van der Waals surface area contributed by atoms with Gasteiger partial charge in [-0.15, -0.1) is 0 Å². The van der Waals surface area contributed by atoms with Crippen LogP contribution in [0.3, 0.4) is 0 Å². The maximum Gasteiger partial charge on any atom is 0.227 e. The van der Waals surface area contributed by atoms with Gasteiger partial charge < -0.3 is 10.6 Å². The topological polar surface area (TPSA) is 66.9 Å². The van der Waals surface area contributed by atoms with Crippen LogP contribution in [0.25, 0.3) is 0 Å². The van der Waals surface area contributed by atoms with Gasteiger partial charge in [-0.3, -0.25) is 4.79 Å². The Morgan fingerprint density at radius 1 is 1.10 bits per heavy atom. The van der Waals surface area contributed by atoms with Crippen LogP contribution in [0.15, 0.2) is 30.3 Å². The molecule has 21 heavy (non-hydrogen) atoms. The van der Waals surface area contributed by atoms with Gasteiger partial charge in [0.15, 0.2) is 0 Å². The highest BCUT2D eigenvalue weighted by atomic mass is 79.9. The Kier molecular flexibility index (Phi) is 5.27. The number of alkyl halides is 1. The SMILES string of the molecule is Cc1cc(C)nc(Nc2ccc(NC(=O)CCBr)cc2)n1. The molecule has 2 N–H and O–H groups in total. The van der Waals surface area contributed by atoms with Gasteiger partial charge in [-0.05, 0) is 44.2 Å². The third-order valence-corrected chi connectivity index (χ3v) is 3.13. The van der Waals surface area contributed by atoms with Crippen LogP contribution in [0, 0.1) is 13.8 Å². The summed E-state index contributed by atoms with van der Waals surface area (Å²) in [6, 6.07) is 9.37. The molecule has 1 amide bonds. The molecule has 0 aliphatic rings.